The van der Waals surface area contributed by atoms with Crippen LogP contribution in [0.2, 0.25) is 0 Å². The molecule has 9 aromatic carbocycles. The van der Waals surface area contributed by atoms with E-state index in [1.807, 2.05) is 12.1 Å². The Morgan fingerprint density at radius 3 is 1.79 bits per heavy atom. The van der Waals surface area contributed by atoms with Gasteiger partial charge in [-0.1, -0.05) is 152 Å². The van der Waals surface area contributed by atoms with E-state index in [9.17, 15) is 0 Å². The Labute approximate surface area is 320 Å². The van der Waals surface area contributed by atoms with E-state index in [1.165, 1.54) is 5.39 Å². The van der Waals surface area contributed by atoms with E-state index in [-0.39, 0.29) is 0 Å². The molecule has 0 unspecified atom stereocenters. The smallest absolute Gasteiger partial charge is 0.238 e. The molecule has 0 aliphatic rings. The van der Waals surface area contributed by atoms with Gasteiger partial charge in [0.15, 0.2) is 11.6 Å². The highest BCUT2D eigenvalue weighted by molar-refractivity contribution is 6.20. The van der Waals surface area contributed by atoms with Crippen LogP contribution in [-0.4, -0.2) is 19.5 Å². The van der Waals surface area contributed by atoms with Crippen LogP contribution in [0, 0.1) is 0 Å². The fourth-order valence-electron chi connectivity index (χ4n) is 8.71. The van der Waals surface area contributed by atoms with Gasteiger partial charge < -0.3 is 4.42 Å². The summed E-state index contributed by atoms with van der Waals surface area (Å²) in [4.78, 5) is 16.6. The topological polar surface area (TPSA) is 56.7 Å². The Bertz CT molecular complexity index is 3540. The Morgan fingerprint density at radius 1 is 0.375 bits per heavy atom. The van der Waals surface area contributed by atoms with Crippen molar-refractivity contribution in [2.75, 3.05) is 0 Å². The number of hydrogen-bond acceptors (Lipinski definition) is 4. The van der Waals surface area contributed by atoms with Crippen LogP contribution in [0.15, 0.2) is 186 Å². The summed E-state index contributed by atoms with van der Waals surface area (Å²) in [5.74, 6) is 1.73. The summed E-state index contributed by atoms with van der Waals surface area (Å²) in [5.41, 5.74) is 7.70. The van der Waals surface area contributed by atoms with Crippen molar-refractivity contribution in [1.82, 2.24) is 19.5 Å². The Kier molecular flexibility index (Phi) is 6.56. The lowest BCUT2D eigenvalue weighted by Crippen LogP contribution is -2.07. The maximum absolute atomic E-state index is 6.55. The molecule has 0 N–H and O–H groups in total. The summed E-state index contributed by atoms with van der Waals surface area (Å²) < 4.78 is 8.77. The second kappa shape index (κ2) is 11.9. The van der Waals surface area contributed by atoms with Crippen molar-refractivity contribution >= 4 is 76.1 Å². The van der Waals surface area contributed by atoms with E-state index < -0.39 is 0 Å². The summed E-state index contributed by atoms with van der Waals surface area (Å²) in [6, 6.07) is 63.8. The zero-order valence-corrected chi connectivity index (χ0v) is 30.0. The minimum Gasteiger partial charge on any atom is -0.456 e. The van der Waals surface area contributed by atoms with Crippen LogP contribution < -0.4 is 0 Å². The predicted molar refractivity (Wildman–Crippen MR) is 230 cm³/mol. The van der Waals surface area contributed by atoms with Crippen LogP contribution in [0.1, 0.15) is 0 Å². The van der Waals surface area contributed by atoms with E-state index in [4.69, 9.17) is 19.4 Å². The van der Waals surface area contributed by atoms with Crippen molar-refractivity contribution in [1.29, 1.82) is 0 Å². The normalized spacial score (nSPS) is 11.9. The molecule has 0 fully saturated rings. The number of fused-ring (bicyclic) bond motifs is 9. The standard InChI is InChI=1S/C51H30N4O/c1-2-14-31(15-3-1)38-27-26-32-16-6-8-20-36(32)46(38)49-52-50(48-37-21-9-7-19-35(37)30-45-47(48)40-23-11-13-25-44(40)56-45)54-51(53-49)55-42-24-12-10-22-39(42)41-28-33-17-4-5-18-34(33)29-43(41)55/h1-30H. The molecule has 0 spiro atoms. The van der Waals surface area contributed by atoms with E-state index >= 15 is 0 Å². The lowest BCUT2D eigenvalue weighted by atomic mass is 9.93. The molecule has 260 valence electrons. The molecule has 0 aliphatic heterocycles. The second-order valence-electron chi connectivity index (χ2n) is 14.4. The van der Waals surface area contributed by atoms with Gasteiger partial charge in [-0.15, -0.1) is 0 Å². The van der Waals surface area contributed by atoms with Crippen molar-refractivity contribution in [2.24, 2.45) is 0 Å². The quantitative estimate of drug-likeness (QED) is 0.182. The van der Waals surface area contributed by atoms with Gasteiger partial charge in [0.2, 0.25) is 5.95 Å². The molecule has 0 radical (unpaired) electrons. The number of aromatic nitrogens is 4. The van der Waals surface area contributed by atoms with Gasteiger partial charge in [0, 0.05) is 32.7 Å². The van der Waals surface area contributed by atoms with Crippen LogP contribution in [0.3, 0.4) is 0 Å². The number of rotatable bonds is 4. The first kappa shape index (κ1) is 30.8. The van der Waals surface area contributed by atoms with Crippen LogP contribution in [-0.2, 0) is 0 Å². The van der Waals surface area contributed by atoms with Crippen molar-refractivity contribution < 1.29 is 4.42 Å². The first-order chi connectivity index (χ1) is 27.8. The average Bonchev–Trinajstić information content (AvgIpc) is 3.79. The predicted octanol–water partition coefficient (Wildman–Crippen LogP) is 13.3. The highest BCUT2D eigenvalue weighted by atomic mass is 16.3. The molecule has 3 aromatic heterocycles. The monoisotopic (exact) mass is 714 g/mol. The van der Waals surface area contributed by atoms with Gasteiger partial charge in [-0.3, -0.25) is 4.57 Å². The molecule has 0 saturated heterocycles. The van der Waals surface area contributed by atoms with Gasteiger partial charge in [-0.25, -0.2) is 4.98 Å². The number of benzene rings is 9. The largest absolute Gasteiger partial charge is 0.456 e. The summed E-state index contributed by atoms with van der Waals surface area (Å²) in [5, 5.41) is 10.9. The fraction of sp³-hybridized carbons (Fsp3) is 0. The van der Waals surface area contributed by atoms with E-state index in [1.54, 1.807) is 0 Å². The number of hydrogen-bond donors (Lipinski definition) is 0. The summed E-state index contributed by atoms with van der Waals surface area (Å²) in [6.07, 6.45) is 0. The third-order valence-corrected chi connectivity index (χ3v) is 11.2. The molecule has 5 heteroatoms. The maximum atomic E-state index is 6.55. The minimum atomic E-state index is 0.548. The lowest BCUT2D eigenvalue weighted by molar-refractivity contribution is 0.669. The third kappa shape index (κ3) is 4.58. The van der Waals surface area contributed by atoms with Crippen LogP contribution in [0.4, 0.5) is 0 Å². The molecule has 0 bridgehead atoms. The molecule has 0 amide bonds. The van der Waals surface area contributed by atoms with Gasteiger partial charge in [-0.05, 0) is 73.8 Å². The zero-order valence-electron chi connectivity index (χ0n) is 30.0. The Balaban J connectivity index is 1.27. The van der Waals surface area contributed by atoms with Gasteiger partial charge >= 0.3 is 0 Å². The van der Waals surface area contributed by atoms with Crippen LogP contribution in [0.5, 0.6) is 0 Å². The summed E-state index contributed by atoms with van der Waals surface area (Å²) in [7, 11) is 0. The Hall–Kier alpha value is -7.63. The first-order valence-corrected chi connectivity index (χ1v) is 18.9. The average molecular weight is 715 g/mol. The molecule has 12 rings (SSSR count). The molecule has 0 aliphatic carbocycles. The van der Waals surface area contributed by atoms with Gasteiger partial charge in [0.1, 0.15) is 11.2 Å². The minimum absolute atomic E-state index is 0.548. The molecule has 56 heavy (non-hydrogen) atoms. The Morgan fingerprint density at radius 2 is 0.982 bits per heavy atom. The summed E-state index contributed by atoms with van der Waals surface area (Å²) >= 11 is 0. The van der Waals surface area contributed by atoms with Crippen molar-refractivity contribution in [3.05, 3.63) is 182 Å². The third-order valence-electron chi connectivity index (χ3n) is 11.2. The molecule has 5 nitrogen and oxygen atoms in total. The molecule has 0 atom stereocenters. The maximum Gasteiger partial charge on any atom is 0.238 e. The molecular formula is C51H30N4O. The highest BCUT2D eigenvalue weighted by Crippen LogP contribution is 2.43. The fourth-order valence-corrected chi connectivity index (χ4v) is 8.71. The number of para-hydroxylation sites is 2. The van der Waals surface area contributed by atoms with E-state index in [0.29, 0.717) is 17.6 Å². The van der Waals surface area contributed by atoms with Crippen molar-refractivity contribution in [2.45, 2.75) is 0 Å². The second-order valence-corrected chi connectivity index (χ2v) is 14.4. The molecule has 3 heterocycles. The van der Waals surface area contributed by atoms with Crippen LogP contribution >= 0.6 is 0 Å². The van der Waals surface area contributed by atoms with Crippen LogP contribution in [0.25, 0.3) is 116 Å². The van der Waals surface area contributed by atoms with Gasteiger partial charge in [-0.2, -0.15) is 9.97 Å². The zero-order chi connectivity index (χ0) is 36.7. The molecule has 12 aromatic rings. The first-order valence-electron chi connectivity index (χ1n) is 18.9. The van der Waals surface area contributed by atoms with Crippen molar-refractivity contribution in [3.8, 4) is 39.9 Å². The molecule has 0 saturated carbocycles. The lowest BCUT2D eigenvalue weighted by Gasteiger charge is -2.16. The van der Waals surface area contributed by atoms with Gasteiger partial charge in [0.25, 0.3) is 0 Å². The van der Waals surface area contributed by atoms with E-state index in [0.717, 1.165) is 92.9 Å². The van der Waals surface area contributed by atoms with Gasteiger partial charge in [0.05, 0.1) is 11.0 Å². The van der Waals surface area contributed by atoms with E-state index in [2.05, 4.69) is 174 Å². The summed E-state index contributed by atoms with van der Waals surface area (Å²) in [6.45, 7) is 0. The SMILES string of the molecule is c1ccc(-c2ccc3ccccc3c2-c2nc(-c3c4ccccc4cc4oc5ccccc5c34)nc(-n3c4ccccc4c4cc5ccccc5cc43)n2)cc1. The number of furan rings is 1. The molecular weight excluding hydrogens is 685 g/mol. The van der Waals surface area contributed by atoms with Crippen molar-refractivity contribution in [3.63, 3.8) is 0 Å². The number of nitrogens with zero attached hydrogens (tertiary/aromatic N) is 4. The highest BCUT2D eigenvalue weighted by Gasteiger charge is 2.24.